The van der Waals surface area contributed by atoms with Crippen LogP contribution in [0, 0.1) is 0 Å². The maximum Gasteiger partial charge on any atom is 0.490 e. The van der Waals surface area contributed by atoms with Gasteiger partial charge in [-0.15, -0.1) is 0 Å². The molecule has 0 radical (unpaired) electrons. The number of carbonyl (C=O) groups excluding carboxylic acids is 1. The topological polar surface area (TPSA) is 166 Å². The molecule has 36 heavy (non-hydrogen) atoms. The fourth-order valence-corrected chi connectivity index (χ4v) is 3.03. The van der Waals surface area contributed by atoms with Crippen molar-refractivity contribution < 1.29 is 60.8 Å². The first-order valence-corrected chi connectivity index (χ1v) is 11.1. The lowest BCUT2D eigenvalue weighted by atomic mass is 10.1. The Bertz CT molecular complexity index is 873. The maximum absolute atomic E-state index is 11.5. The highest BCUT2D eigenvalue weighted by molar-refractivity contribution is 7.98. The Morgan fingerprint density at radius 3 is 2.03 bits per heavy atom. The Hall–Kier alpha value is -3.24. The zero-order valence-corrected chi connectivity index (χ0v) is 19.2. The van der Waals surface area contributed by atoms with Crippen molar-refractivity contribution in [1.29, 1.82) is 0 Å². The average Bonchev–Trinajstić information content (AvgIpc) is 2.76. The van der Waals surface area contributed by atoms with E-state index in [1.807, 2.05) is 6.07 Å². The molecule has 0 saturated carbocycles. The van der Waals surface area contributed by atoms with Crippen LogP contribution in [-0.2, 0) is 31.4 Å². The summed E-state index contributed by atoms with van der Waals surface area (Å²) in [6.45, 7) is 1.17. The van der Waals surface area contributed by atoms with Gasteiger partial charge < -0.3 is 26.0 Å². The summed E-state index contributed by atoms with van der Waals surface area (Å²) >= 11 is 1.66. The van der Waals surface area contributed by atoms with Gasteiger partial charge in [0.25, 0.3) is 0 Å². The number of carboxylic acid groups (broad SMARTS) is 3. The zero-order valence-electron chi connectivity index (χ0n) is 18.4. The van der Waals surface area contributed by atoms with Crippen LogP contribution in [-0.4, -0.2) is 75.3 Å². The van der Waals surface area contributed by atoms with Gasteiger partial charge in [0.15, 0.2) is 0 Å². The number of halogens is 6. The van der Waals surface area contributed by atoms with E-state index in [9.17, 15) is 35.9 Å². The first kappa shape index (κ1) is 32.8. The molecule has 0 bridgehead atoms. The number of nitrogens with one attached hydrogen (secondary N) is 2. The summed E-state index contributed by atoms with van der Waals surface area (Å²) in [6.07, 6.45) is -7.57. The summed E-state index contributed by atoms with van der Waals surface area (Å²) in [6, 6.07) is 4.18. The zero-order chi connectivity index (χ0) is 27.9. The molecule has 2 rings (SSSR count). The molecule has 0 spiro atoms. The largest absolute Gasteiger partial charge is 0.490 e. The molecule has 5 N–H and O–H groups in total. The average molecular weight is 551 g/mol. The van der Waals surface area contributed by atoms with E-state index in [0.29, 0.717) is 12.2 Å². The maximum atomic E-state index is 11.5. The lowest BCUT2D eigenvalue weighted by molar-refractivity contribution is -0.193. The number of aromatic nitrogens is 1. The molecule has 0 atom stereocenters. The number of carboxylic acids is 3. The summed E-state index contributed by atoms with van der Waals surface area (Å²) in [7, 11) is 0. The first-order chi connectivity index (χ1) is 16.5. The second-order valence-electron chi connectivity index (χ2n) is 6.74. The first-order valence-electron chi connectivity index (χ1n) is 9.93. The van der Waals surface area contributed by atoms with E-state index >= 15 is 0 Å². The molecular formula is C19H23F6N3O7S. The number of aryl methyl sites for hydroxylation is 1. The minimum absolute atomic E-state index is 0.0368. The van der Waals surface area contributed by atoms with Crippen LogP contribution < -0.4 is 10.6 Å². The Morgan fingerprint density at radius 1 is 0.972 bits per heavy atom. The van der Waals surface area contributed by atoms with E-state index in [2.05, 4.69) is 21.7 Å². The van der Waals surface area contributed by atoms with Crippen LogP contribution in [0.4, 0.5) is 32.2 Å². The predicted octanol–water partition coefficient (Wildman–Crippen LogP) is 2.92. The molecule has 1 amide bonds. The highest BCUT2D eigenvalue weighted by Gasteiger charge is 2.38. The lowest BCUT2D eigenvalue weighted by Crippen LogP contribution is -2.26. The van der Waals surface area contributed by atoms with Crippen molar-refractivity contribution in [3.63, 3.8) is 0 Å². The lowest BCUT2D eigenvalue weighted by Gasteiger charge is -2.17. The van der Waals surface area contributed by atoms with Crippen molar-refractivity contribution in [2.24, 2.45) is 0 Å². The minimum atomic E-state index is -5.08. The molecule has 204 valence electrons. The van der Waals surface area contributed by atoms with Gasteiger partial charge in [0.2, 0.25) is 5.91 Å². The van der Waals surface area contributed by atoms with Crippen LogP contribution in [0.1, 0.15) is 30.5 Å². The Labute approximate surface area is 204 Å². The molecule has 0 aromatic carbocycles. The second kappa shape index (κ2) is 15.7. The minimum Gasteiger partial charge on any atom is -0.481 e. The molecule has 0 saturated heterocycles. The van der Waals surface area contributed by atoms with Crippen LogP contribution in [0.5, 0.6) is 0 Å². The summed E-state index contributed by atoms with van der Waals surface area (Å²) in [5.41, 5.74) is 2.29. The number of nitrogens with zero attached hydrogens (tertiary/aromatic N) is 1. The molecule has 0 fully saturated rings. The number of alkyl halides is 6. The van der Waals surface area contributed by atoms with E-state index in [1.54, 1.807) is 11.8 Å². The number of fused-ring (bicyclic) bond motifs is 1. The number of rotatable bonds is 8. The van der Waals surface area contributed by atoms with Crippen LogP contribution >= 0.6 is 11.8 Å². The summed E-state index contributed by atoms with van der Waals surface area (Å²) in [5.74, 6) is -4.05. The van der Waals surface area contributed by atoms with Gasteiger partial charge in [-0.2, -0.15) is 38.1 Å². The van der Waals surface area contributed by atoms with Crippen molar-refractivity contribution in [3.05, 3.63) is 23.4 Å². The molecule has 0 unspecified atom stereocenters. The van der Waals surface area contributed by atoms with Crippen molar-refractivity contribution >= 4 is 41.4 Å². The van der Waals surface area contributed by atoms with Gasteiger partial charge in [0.1, 0.15) is 5.82 Å². The molecule has 0 aliphatic carbocycles. The van der Waals surface area contributed by atoms with Crippen LogP contribution in [0.2, 0.25) is 0 Å². The van der Waals surface area contributed by atoms with Crippen molar-refractivity contribution in [2.45, 2.75) is 43.8 Å². The predicted molar refractivity (Wildman–Crippen MR) is 114 cm³/mol. The number of hydrogen-bond acceptors (Lipinski definition) is 7. The number of amides is 1. The van der Waals surface area contributed by atoms with E-state index < -0.39 is 30.3 Å². The van der Waals surface area contributed by atoms with Crippen molar-refractivity contribution in [2.75, 3.05) is 24.2 Å². The van der Waals surface area contributed by atoms with E-state index in [4.69, 9.17) is 24.9 Å². The quantitative estimate of drug-likeness (QED) is 0.240. The molecular weight excluding hydrogens is 528 g/mol. The number of anilines is 1. The molecule has 1 aromatic rings. The van der Waals surface area contributed by atoms with Gasteiger partial charge in [-0.3, -0.25) is 9.59 Å². The molecule has 1 aliphatic heterocycles. The number of thioether (sulfide) groups is 1. The third-order valence-electron chi connectivity index (χ3n) is 3.82. The third kappa shape index (κ3) is 15.6. The SMILES string of the molecule is O=C(O)C(F)(F)F.O=C(O)C(F)(F)F.O=C(O)CCNC(=O)CCSCc1ccc2c(n1)NCCC2. The molecule has 10 nitrogen and oxygen atoms in total. The van der Waals surface area contributed by atoms with Gasteiger partial charge in [-0.25, -0.2) is 14.6 Å². The number of hydrogen-bond donors (Lipinski definition) is 5. The second-order valence-corrected chi connectivity index (χ2v) is 7.85. The highest BCUT2D eigenvalue weighted by Crippen LogP contribution is 2.21. The number of pyridine rings is 1. The van der Waals surface area contributed by atoms with Gasteiger partial charge in [0.05, 0.1) is 12.1 Å². The number of aliphatic carboxylic acids is 3. The fourth-order valence-electron chi connectivity index (χ4n) is 2.19. The Balaban J connectivity index is 0.000000720. The van der Waals surface area contributed by atoms with Crippen molar-refractivity contribution in [3.8, 4) is 0 Å². The normalized spacial score (nSPS) is 12.4. The summed E-state index contributed by atoms with van der Waals surface area (Å²) in [5, 5.41) is 28.6. The summed E-state index contributed by atoms with van der Waals surface area (Å²) < 4.78 is 63.5. The molecule has 2 heterocycles. The smallest absolute Gasteiger partial charge is 0.481 e. The van der Waals surface area contributed by atoms with E-state index in [0.717, 1.165) is 36.7 Å². The van der Waals surface area contributed by atoms with Gasteiger partial charge >= 0.3 is 30.3 Å². The van der Waals surface area contributed by atoms with Crippen LogP contribution in [0.25, 0.3) is 0 Å². The molecule has 1 aromatic heterocycles. The van der Waals surface area contributed by atoms with Crippen LogP contribution in [0.15, 0.2) is 12.1 Å². The highest BCUT2D eigenvalue weighted by atomic mass is 32.2. The van der Waals surface area contributed by atoms with E-state index in [-0.39, 0.29) is 18.9 Å². The van der Waals surface area contributed by atoms with E-state index in [1.165, 1.54) is 5.56 Å². The standard InChI is InChI=1S/C15H21N3O3S.2C2HF3O2/c19-13(16-8-5-14(20)21)6-9-22-10-12-4-3-11-2-1-7-17-15(11)18-12;2*3-2(4,5)1(6)7/h3-4H,1-2,5-10H2,(H,16,19)(H,17,18)(H,20,21);2*(H,6,7). The summed E-state index contributed by atoms with van der Waals surface area (Å²) in [4.78, 5) is 44.2. The van der Waals surface area contributed by atoms with Gasteiger partial charge in [-0.1, -0.05) is 6.07 Å². The van der Waals surface area contributed by atoms with Crippen molar-refractivity contribution in [1.82, 2.24) is 10.3 Å². The number of carbonyl (C=O) groups is 4. The fraction of sp³-hybridized carbons (Fsp3) is 0.526. The molecule has 1 aliphatic rings. The van der Waals surface area contributed by atoms with Gasteiger partial charge in [-0.05, 0) is 24.5 Å². The Kier molecular flexibility index (Phi) is 14.3. The monoisotopic (exact) mass is 551 g/mol. The van der Waals surface area contributed by atoms with Gasteiger partial charge in [0, 0.05) is 31.0 Å². The van der Waals surface area contributed by atoms with Crippen LogP contribution in [0.3, 0.4) is 0 Å². The third-order valence-corrected chi connectivity index (χ3v) is 4.81. The Morgan fingerprint density at radius 2 is 1.53 bits per heavy atom. The molecule has 17 heteroatoms.